The van der Waals surface area contributed by atoms with Crippen LogP contribution in [0.25, 0.3) is 0 Å². The molecule has 0 radical (unpaired) electrons. The Balaban J connectivity index is 1.71. The Bertz CT molecular complexity index is 531. The second-order valence-electron chi connectivity index (χ2n) is 6.68. The molecule has 0 aromatic heterocycles. The van der Waals surface area contributed by atoms with Gasteiger partial charge in [0.2, 0.25) is 0 Å². The van der Waals surface area contributed by atoms with E-state index in [-0.39, 0.29) is 12.1 Å². The van der Waals surface area contributed by atoms with Crippen LogP contribution >= 0.6 is 0 Å². The van der Waals surface area contributed by atoms with Crippen molar-refractivity contribution in [3.05, 3.63) is 35.6 Å². The Morgan fingerprint density at radius 1 is 1.38 bits per heavy atom. The van der Waals surface area contributed by atoms with Gasteiger partial charge in [-0.1, -0.05) is 32.0 Å². The maximum atomic E-state index is 13.6. The number of aliphatic hydroxyl groups is 1. The summed E-state index contributed by atoms with van der Waals surface area (Å²) in [6.07, 6.45) is 0.454. The van der Waals surface area contributed by atoms with Gasteiger partial charge >= 0.3 is 6.09 Å². The zero-order valence-electron chi connectivity index (χ0n) is 14.4. The van der Waals surface area contributed by atoms with E-state index in [1.54, 1.807) is 23.1 Å². The fraction of sp³-hybridized carbons (Fsp3) is 0.611. The Morgan fingerprint density at radius 2 is 2.04 bits per heavy atom. The second-order valence-corrected chi connectivity index (χ2v) is 6.68. The van der Waals surface area contributed by atoms with E-state index < -0.39 is 11.9 Å². The van der Waals surface area contributed by atoms with Crippen molar-refractivity contribution < 1.29 is 19.0 Å². The number of rotatable bonds is 6. The molecule has 1 atom stereocenters. The third kappa shape index (κ3) is 5.46. The van der Waals surface area contributed by atoms with Crippen LogP contribution in [0.5, 0.6) is 0 Å². The average molecular weight is 338 g/mol. The molecule has 0 aliphatic carbocycles. The lowest BCUT2D eigenvalue weighted by Gasteiger charge is -2.32. The molecule has 5 nitrogen and oxygen atoms in total. The molecule has 1 aliphatic heterocycles. The van der Waals surface area contributed by atoms with Crippen molar-refractivity contribution >= 4 is 6.09 Å². The first-order valence-corrected chi connectivity index (χ1v) is 8.55. The Hall–Kier alpha value is -1.66. The molecule has 1 saturated heterocycles. The summed E-state index contributed by atoms with van der Waals surface area (Å²) in [6.45, 7) is 6.00. The van der Waals surface area contributed by atoms with Crippen LogP contribution in [0.15, 0.2) is 24.3 Å². The molecule has 0 spiro atoms. The Labute approximate surface area is 142 Å². The number of amides is 1. The van der Waals surface area contributed by atoms with Gasteiger partial charge in [-0.15, -0.1) is 0 Å². The van der Waals surface area contributed by atoms with Gasteiger partial charge in [-0.3, -0.25) is 0 Å². The van der Waals surface area contributed by atoms with Crippen molar-refractivity contribution in [1.29, 1.82) is 0 Å². The molecular formula is C18H27FN2O3. The quantitative estimate of drug-likeness (QED) is 0.837. The smallest absolute Gasteiger partial charge is 0.409 e. The number of hydrogen-bond acceptors (Lipinski definition) is 4. The van der Waals surface area contributed by atoms with Gasteiger partial charge in [0, 0.05) is 31.2 Å². The fourth-order valence-electron chi connectivity index (χ4n) is 2.73. The predicted molar refractivity (Wildman–Crippen MR) is 90.1 cm³/mol. The monoisotopic (exact) mass is 338 g/mol. The number of carbonyl (C=O) groups excluding carboxylic acids is 1. The molecule has 0 saturated carbocycles. The van der Waals surface area contributed by atoms with Gasteiger partial charge in [0.25, 0.3) is 0 Å². The number of nitrogens with zero attached hydrogens (tertiary/aromatic N) is 1. The topological polar surface area (TPSA) is 61.8 Å². The highest BCUT2D eigenvalue weighted by atomic mass is 19.1. The lowest BCUT2D eigenvalue weighted by Crippen LogP contribution is -2.46. The average Bonchev–Trinajstić information content (AvgIpc) is 2.58. The van der Waals surface area contributed by atoms with Crippen molar-refractivity contribution in [3.63, 3.8) is 0 Å². The van der Waals surface area contributed by atoms with Crippen LogP contribution in [-0.2, 0) is 4.74 Å². The standard InChI is InChI=1S/C18H27FN2O3/c1-13(2)12-24-18(23)21-9-7-14(8-10-21)20-11-17(22)15-5-3-4-6-16(15)19/h3-6,13-14,17,20,22H,7-12H2,1-2H3. The second kappa shape index (κ2) is 8.99. The maximum Gasteiger partial charge on any atom is 0.409 e. The number of halogens is 1. The van der Waals surface area contributed by atoms with Crippen molar-refractivity contribution in [1.82, 2.24) is 10.2 Å². The van der Waals surface area contributed by atoms with Gasteiger partial charge in [0.1, 0.15) is 5.82 Å². The van der Waals surface area contributed by atoms with Crippen LogP contribution in [0.1, 0.15) is 38.4 Å². The van der Waals surface area contributed by atoms with Gasteiger partial charge in [-0.25, -0.2) is 9.18 Å². The molecule has 134 valence electrons. The molecule has 1 heterocycles. The third-order valence-corrected chi connectivity index (χ3v) is 4.16. The fourth-order valence-corrected chi connectivity index (χ4v) is 2.73. The van der Waals surface area contributed by atoms with Crippen LogP contribution < -0.4 is 5.32 Å². The van der Waals surface area contributed by atoms with Crippen LogP contribution in [0, 0.1) is 11.7 Å². The van der Waals surface area contributed by atoms with Gasteiger partial charge in [-0.2, -0.15) is 0 Å². The van der Waals surface area contributed by atoms with Crippen molar-refractivity contribution in [2.24, 2.45) is 5.92 Å². The van der Waals surface area contributed by atoms with E-state index in [1.165, 1.54) is 6.07 Å². The summed E-state index contributed by atoms with van der Waals surface area (Å²) in [4.78, 5) is 13.6. The molecule has 6 heteroatoms. The number of aliphatic hydroxyl groups excluding tert-OH is 1. The molecule has 2 rings (SSSR count). The molecule has 1 aromatic carbocycles. The van der Waals surface area contributed by atoms with Crippen LogP contribution in [-0.4, -0.2) is 48.4 Å². The molecule has 0 bridgehead atoms. The highest BCUT2D eigenvalue weighted by Gasteiger charge is 2.24. The normalized spacial score (nSPS) is 17.1. The number of piperidine rings is 1. The minimum atomic E-state index is -0.875. The zero-order valence-corrected chi connectivity index (χ0v) is 14.4. The molecule has 1 amide bonds. The summed E-state index contributed by atoms with van der Waals surface area (Å²) < 4.78 is 18.9. The summed E-state index contributed by atoms with van der Waals surface area (Å²) >= 11 is 0. The van der Waals surface area contributed by atoms with E-state index in [9.17, 15) is 14.3 Å². The largest absolute Gasteiger partial charge is 0.449 e. The number of nitrogens with one attached hydrogen (secondary N) is 1. The highest BCUT2D eigenvalue weighted by Crippen LogP contribution is 2.17. The number of benzene rings is 1. The summed E-state index contributed by atoms with van der Waals surface area (Å²) in [7, 11) is 0. The maximum absolute atomic E-state index is 13.6. The van der Waals surface area contributed by atoms with Crippen LogP contribution in [0.4, 0.5) is 9.18 Å². The minimum absolute atomic E-state index is 0.209. The lowest BCUT2D eigenvalue weighted by atomic mass is 10.0. The number of likely N-dealkylation sites (tertiary alicyclic amines) is 1. The predicted octanol–water partition coefficient (Wildman–Crippen LogP) is 2.71. The molecular weight excluding hydrogens is 311 g/mol. The van der Waals surface area contributed by atoms with E-state index in [0.717, 1.165) is 12.8 Å². The minimum Gasteiger partial charge on any atom is -0.449 e. The molecule has 1 aromatic rings. The summed E-state index contributed by atoms with van der Waals surface area (Å²) in [5, 5.41) is 13.4. The van der Waals surface area contributed by atoms with Gasteiger partial charge in [0.05, 0.1) is 12.7 Å². The van der Waals surface area contributed by atoms with Crippen LogP contribution in [0.2, 0.25) is 0 Å². The first kappa shape index (κ1) is 18.7. The summed E-state index contributed by atoms with van der Waals surface area (Å²) in [5.41, 5.74) is 0.305. The molecule has 24 heavy (non-hydrogen) atoms. The van der Waals surface area contributed by atoms with E-state index in [1.807, 2.05) is 13.8 Å². The number of ether oxygens (including phenoxy) is 1. The van der Waals surface area contributed by atoms with E-state index >= 15 is 0 Å². The number of carbonyl (C=O) groups is 1. The first-order chi connectivity index (χ1) is 11.5. The molecule has 1 unspecified atom stereocenters. The molecule has 2 N–H and O–H groups in total. The summed E-state index contributed by atoms with van der Waals surface area (Å²) in [5.74, 6) is -0.0671. The highest BCUT2D eigenvalue weighted by molar-refractivity contribution is 5.67. The van der Waals surface area contributed by atoms with Crippen molar-refractivity contribution in [2.45, 2.75) is 38.8 Å². The van der Waals surface area contributed by atoms with Crippen LogP contribution in [0.3, 0.4) is 0 Å². The van der Waals surface area contributed by atoms with Gasteiger partial charge in [0.15, 0.2) is 0 Å². The van der Waals surface area contributed by atoms with E-state index in [4.69, 9.17) is 4.74 Å². The third-order valence-electron chi connectivity index (χ3n) is 4.16. The van der Waals surface area contributed by atoms with E-state index in [0.29, 0.717) is 37.7 Å². The van der Waals surface area contributed by atoms with Crippen molar-refractivity contribution in [2.75, 3.05) is 26.2 Å². The number of hydrogen-bond donors (Lipinski definition) is 2. The Morgan fingerprint density at radius 3 is 2.67 bits per heavy atom. The molecule has 1 aliphatic rings. The molecule has 1 fully saturated rings. The summed E-state index contributed by atoms with van der Waals surface area (Å²) in [6, 6.07) is 6.46. The van der Waals surface area contributed by atoms with E-state index in [2.05, 4.69) is 5.32 Å². The van der Waals surface area contributed by atoms with Gasteiger partial charge < -0.3 is 20.1 Å². The van der Waals surface area contributed by atoms with Gasteiger partial charge in [-0.05, 0) is 24.8 Å². The van der Waals surface area contributed by atoms with Crippen molar-refractivity contribution in [3.8, 4) is 0 Å². The first-order valence-electron chi connectivity index (χ1n) is 8.55. The lowest BCUT2D eigenvalue weighted by molar-refractivity contribution is 0.0801. The zero-order chi connectivity index (χ0) is 17.5. The Kier molecular flexibility index (Phi) is 6.99. The SMILES string of the molecule is CC(C)COC(=O)N1CCC(NCC(O)c2ccccc2F)CC1.